The summed E-state index contributed by atoms with van der Waals surface area (Å²) in [6, 6.07) is -0.662. The van der Waals surface area contributed by atoms with E-state index in [0.29, 0.717) is 25.2 Å². The summed E-state index contributed by atoms with van der Waals surface area (Å²) in [6.07, 6.45) is 10.2. The first-order valence-electron chi connectivity index (χ1n) is 17.3. The maximum Gasteiger partial charge on any atom is 0.320 e. The Balaban J connectivity index is 0.000000470. The van der Waals surface area contributed by atoms with Gasteiger partial charge in [0.25, 0.3) is 0 Å². The summed E-state index contributed by atoms with van der Waals surface area (Å²) in [4.78, 5) is 57.9. The fraction of sp³-hybridized carbons (Fsp3) is 0.857. The summed E-state index contributed by atoms with van der Waals surface area (Å²) < 4.78 is 15.3. The number of carboxylic acid groups (broad SMARTS) is 2. The van der Waals surface area contributed by atoms with Crippen molar-refractivity contribution in [2.45, 2.75) is 144 Å². The number of carbonyl (C=O) groups excluding carboxylic acids is 3. The summed E-state index contributed by atoms with van der Waals surface area (Å²) in [7, 11) is 0. The van der Waals surface area contributed by atoms with E-state index in [1.165, 1.54) is 19.3 Å². The number of aliphatic hydroxyl groups is 1. The highest BCUT2D eigenvalue weighted by Crippen LogP contribution is 2.44. The molecule has 2 fully saturated rings. The van der Waals surface area contributed by atoms with Crippen LogP contribution in [0.1, 0.15) is 131 Å². The number of carbonyl (C=O) groups is 5. The van der Waals surface area contributed by atoms with E-state index in [1.807, 2.05) is 13.8 Å². The Morgan fingerprint density at radius 3 is 1.83 bits per heavy atom. The molecule has 0 heterocycles. The van der Waals surface area contributed by atoms with Crippen LogP contribution < -0.4 is 5.32 Å². The molecule has 0 aromatic heterocycles. The largest absolute Gasteiger partial charge is 0.481 e. The molecule has 47 heavy (non-hydrogen) atoms. The molecular weight excluding hydrogens is 610 g/mol. The molecule has 2 aliphatic rings. The highest BCUT2D eigenvalue weighted by molar-refractivity contribution is 5.76. The maximum atomic E-state index is 11.9. The molecule has 12 heteroatoms. The highest BCUT2D eigenvalue weighted by Gasteiger charge is 2.38. The predicted octanol–water partition coefficient (Wildman–Crippen LogP) is 5.27. The molecule has 2 saturated carbocycles. The molecule has 2 atom stereocenters. The van der Waals surface area contributed by atoms with E-state index in [2.05, 4.69) is 5.32 Å². The number of carboxylic acids is 2. The first-order chi connectivity index (χ1) is 22.0. The van der Waals surface area contributed by atoms with E-state index in [0.717, 1.165) is 38.5 Å². The maximum absolute atomic E-state index is 11.9. The number of rotatable bonds is 19. The average molecular weight is 672 g/mol. The van der Waals surface area contributed by atoms with Gasteiger partial charge in [0.05, 0.1) is 23.7 Å². The quantitative estimate of drug-likeness (QED) is 0.0793. The Hall–Kier alpha value is -2.73. The van der Waals surface area contributed by atoms with Crippen molar-refractivity contribution in [1.29, 1.82) is 0 Å². The molecule has 0 aliphatic heterocycles. The minimum Gasteiger partial charge on any atom is -0.481 e. The Kier molecular flexibility index (Phi) is 18.5. The zero-order chi connectivity index (χ0) is 35.7. The third-order valence-corrected chi connectivity index (χ3v) is 9.76. The molecule has 0 bridgehead atoms. The number of esters is 3. The van der Waals surface area contributed by atoms with Gasteiger partial charge in [-0.3, -0.25) is 24.0 Å². The van der Waals surface area contributed by atoms with Crippen LogP contribution >= 0.6 is 0 Å². The molecule has 0 aromatic rings. The summed E-state index contributed by atoms with van der Waals surface area (Å²) in [5, 5.41) is 31.2. The zero-order valence-electron chi connectivity index (χ0n) is 29.6. The first kappa shape index (κ1) is 42.3. The van der Waals surface area contributed by atoms with Crippen LogP contribution in [0.25, 0.3) is 0 Å². The fourth-order valence-electron chi connectivity index (χ4n) is 5.73. The van der Waals surface area contributed by atoms with E-state index in [-0.39, 0.29) is 51.1 Å². The molecule has 2 rings (SSSR count). The minimum absolute atomic E-state index is 0.00176. The van der Waals surface area contributed by atoms with Crippen molar-refractivity contribution in [3.8, 4) is 0 Å². The number of hydrogen-bond acceptors (Lipinski definition) is 10. The second-order valence-electron chi connectivity index (χ2n) is 14.6. The van der Waals surface area contributed by atoms with E-state index >= 15 is 0 Å². The molecule has 2 aliphatic carbocycles. The van der Waals surface area contributed by atoms with Crippen LogP contribution in [0.5, 0.6) is 0 Å². The molecular formula is C35H61NO11. The molecule has 0 aromatic carbocycles. The van der Waals surface area contributed by atoms with Crippen molar-refractivity contribution in [2.24, 2.45) is 22.2 Å². The molecule has 2 unspecified atom stereocenters. The molecule has 0 amide bonds. The molecule has 12 nitrogen and oxygen atoms in total. The lowest BCUT2D eigenvalue weighted by Gasteiger charge is -2.26. The van der Waals surface area contributed by atoms with E-state index in [1.54, 1.807) is 27.7 Å². The van der Waals surface area contributed by atoms with Gasteiger partial charge in [-0.25, -0.2) is 0 Å². The summed E-state index contributed by atoms with van der Waals surface area (Å²) in [6.45, 7) is 11.0. The number of aliphatic carboxylic acids is 2. The van der Waals surface area contributed by atoms with E-state index in [9.17, 15) is 34.2 Å². The SMILES string of the molecule is CCC(C)(C)C(=O)OCC(O)CNC(CC1CCCCC1)C(=O)O.CCC(C)(C)C(=O)OCCOC(=O)CC1(CC(=O)O)CCCC1. The lowest BCUT2D eigenvalue weighted by atomic mass is 9.79. The van der Waals surface area contributed by atoms with Gasteiger partial charge in [-0.15, -0.1) is 0 Å². The number of aliphatic hydroxyl groups excluding tert-OH is 1. The van der Waals surface area contributed by atoms with Crippen molar-refractivity contribution in [2.75, 3.05) is 26.4 Å². The van der Waals surface area contributed by atoms with Gasteiger partial charge in [0.15, 0.2) is 0 Å². The van der Waals surface area contributed by atoms with E-state index in [4.69, 9.17) is 19.3 Å². The van der Waals surface area contributed by atoms with Crippen LogP contribution in [0, 0.1) is 22.2 Å². The van der Waals surface area contributed by atoms with Crippen LogP contribution in [0.3, 0.4) is 0 Å². The Labute approximate surface area is 280 Å². The van der Waals surface area contributed by atoms with Crippen LogP contribution in [-0.4, -0.2) is 83.7 Å². The third kappa shape index (κ3) is 16.3. The highest BCUT2D eigenvalue weighted by atomic mass is 16.6. The summed E-state index contributed by atoms with van der Waals surface area (Å²) >= 11 is 0. The van der Waals surface area contributed by atoms with Crippen molar-refractivity contribution in [1.82, 2.24) is 5.32 Å². The van der Waals surface area contributed by atoms with Gasteiger partial charge >= 0.3 is 29.8 Å². The van der Waals surface area contributed by atoms with Gasteiger partial charge in [-0.1, -0.05) is 58.8 Å². The van der Waals surface area contributed by atoms with Gasteiger partial charge < -0.3 is 34.8 Å². The van der Waals surface area contributed by atoms with Crippen molar-refractivity contribution in [3.05, 3.63) is 0 Å². The third-order valence-electron chi connectivity index (χ3n) is 9.76. The Morgan fingerprint density at radius 1 is 0.787 bits per heavy atom. The lowest BCUT2D eigenvalue weighted by Crippen LogP contribution is -2.43. The summed E-state index contributed by atoms with van der Waals surface area (Å²) in [5.41, 5.74) is -1.58. The van der Waals surface area contributed by atoms with Gasteiger partial charge in [0, 0.05) is 6.54 Å². The lowest BCUT2D eigenvalue weighted by molar-refractivity contribution is -0.160. The Morgan fingerprint density at radius 2 is 1.32 bits per heavy atom. The van der Waals surface area contributed by atoms with Crippen LogP contribution in [0.4, 0.5) is 0 Å². The number of ether oxygens (including phenoxy) is 3. The minimum atomic E-state index is -0.908. The zero-order valence-corrected chi connectivity index (χ0v) is 29.6. The second-order valence-corrected chi connectivity index (χ2v) is 14.6. The monoisotopic (exact) mass is 671 g/mol. The molecule has 0 spiro atoms. The van der Waals surface area contributed by atoms with Gasteiger partial charge in [-0.2, -0.15) is 0 Å². The van der Waals surface area contributed by atoms with Crippen molar-refractivity contribution in [3.63, 3.8) is 0 Å². The molecule has 0 radical (unpaired) electrons. The molecule has 272 valence electrons. The molecule has 4 N–H and O–H groups in total. The number of nitrogens with one attached hydrogen (secondary N) is 1. The average Bonchev–Trinajstić information content (AvgIpc) is 3.47. The Bertz CT molecular complexity index is 997. The van der Waals surface area contributed by atoms with Crippen molar-refractivity contribution >= 4 is 29.8 Å². The standard InChI is InChI=1S/C18H33NO5.C17H28O6/c1-4-18(2,3)17(23)24-12-14(20)11-19-15(16(21)22)10-13-8-6-5-7-9-13;1-4-16(2,3)15(21)23-10-9-22-14(20)12-17(11-13(18)19)7-5-6-8-17/h13-15,19-20H,4-12H2,1-3H3,(H,21,22);4-12H2,1-3H3,(H,18,19). The molecule has 0 saturated heterocycles. The fourth-order valence-corrected chi connectivity index (χ4v) is 5.73. The van der Waals surface area contributed by atoms with Crippen LogP contribution in [0.15, 0.2) is 0 Å². The topological polar surface area (TPSA) is 186 Å². The normalized spacial score (nSPS) is 17.9. The smallest absolute Gasteiger partial charge is 0.320 e. The van der Waals surface area contributed by atoms with Gasteiger partial charge in [0.2, 0.25) is 0 Å². The second kappa shape index (κ2) is 20.6. The predicted molar refractivity (Wildman–Crippen MR) is 175 cm³/mol. The van der Waals surface area contributed by atoms with E-state index < -0.39 is 46.3 Å². The van der Waals surface area contributed by atoms with Crippen molar-refractivity contribution < 1.29 is 53.5 Å². The van der Waals surface area contributed by atoms with Crippen LogP contribution in [-0.2, 0) is 38.2 Å². The van der Waals surface area contributed by atoms with Gasteiger partial charge in [-0.05, 0) is 71.1 Å². The van der Waals surface area contributed by atoms with Gasteiger partial charge in [0.1, 0.15) is 32.0 Å². The first-order valence-corrected chi connectivity index (χ1v) is 17.3. The summed E-state index contributed by atoms with van der Waals surface area (Å²) in [5.74, 6) is -2.41. The number of hydrogen-bond donors (Lipinski definition) is 4. The van der Waals surface area contributed by atoms with Crippen LogP contribution in [0.2, 0.25) is 0 Å².